The Morgan fingerprint density at radius 1 is 0.842 bits per heavy atom. The van der Waals surface area contributed by atoms with Crippen molar-refractivity contribution in [1.82, 2.24) is 0 Å². The number of hydrogen-bond donors (Lipinski definition) is 0. The molecule has 0 aliphatic rings. The van der Waals surface area contributed by atoms with Gasteiger partial charge in [0.1, 0.15) is 5.02 Å². The van der Waals surface area contributed by atoms with Crippen LogP contribution in [0.2, 0.25) is 20.1 Å². The molecule has 0 heterocycles. The zero-order chi connectivity index (χ0) is 14.3. The van der Waals surface area contributed by atoms with Crippen LogP contribution in [0.5, 0.6) is 5.75 Å². The molecule has 1 aromatic rings. The second-order valence-corrected chi connectivity index (χ2v) is 5.98. The zero-order valence-corrected chi connectivity index (χ0v) is 14.0. The van der Waals surface area contributed by atoms with E-state index in [1.54, 1.807) is 6.07 Å². The maximum atomic E-state index is 6.06. The predicted octanol–water partition coefficient (Wildman–Crippen LogP) is 7.04. The van der Waals surface area contributed by atoms with E-state index in [4.69, 9.17) is 51.1 Å². The lowest BCUT2D eigenvalue weighted by molar-refractivity contribution is 0.305. The van der Waals surface area contributed by atoms with Crippen LogP contribution in [0.15, 0.2) is 6.07 Å². The third kappa shape index (κ3) is 5.59. The second-order valence-electron chi connectivity index (χ2n) is 4.41. The van der Waals surface area contributed by atoms with Crippen LogP contribution < -0.4 is 4.74 Å². The molecule has 0 aliphatic carbocycles. The number of halogens is 4. The van der Waals surface area contributed by atoms with Crippen molar-refractivity contribution >= 4 is 46.4 Å². The van der Waals surface area contributed by atoms with Crippen molar-refractivity contribution in [2.45, 2.75) is 45.4 Å². The minimum atomic E-state index is 0.283. The second kappa shape index (κ2) is 9.18. The van der Waals surface area contributed by atoms with E-state index in [-0.39, 0.29) is 10.0 Å². The fourth-order valence-electron chi connectivity index (χ4n) is 1.74. The summed E-state index contributed by atoms with van der Waals surface area (Å²) in [6.45, 7) is 2.79. The first-order valence-corrected chi connectivity index (χ1v) is 8.05. The van der Waals surface area contributed by atoms with Gasteiger partial charge in [-0.2, -0.15) is 0 Å². The van der Waals surface area contributed by atoms with Gasteiger partial charge in [0, 0.05) is 0 Å². The Kier molecular flexibility index (Phi) is 8.32. The van der Waals surface area contributed by atoms with E-state index in [0.29, 0.717) is 22.4 Å². The van der Waals surface area contributed by atoms with Crippen LogP contribution >= 0.6 is 46.4 Å². The highest BCUT2D eigenvalue weighted by Gasteiger charge is 2.14. The molecule has 0 spiro atoms. The molecule has 108 valence electrons. The Bertz CT molecular complexity index is 407. The number of benzene rings is 1. The highest BCUT2D eigenvalue weighted by Crippen LogP contribution is 2.42. The number of unbranched alkanes of at least 4 members (excludes halogenated alkanes) is 5. The summed E-state index contributed by atoms with van der Waals surface area (Å²) in [7, 11) is 0. The Hall–Kier alpha value is 0.180. The van der Waals surface area contributed by atoms with Crippen LogP contribution in [0.25, 0.3) is 0 Å². The molecule has 0 amide bonds. The molecule has 1 rings (SSSR count). The Balaban J connectivity index is 2.39. The van der Waals surface area contributed by atoms with Crippen LogP contribution in [0, 0.1) is 0 Å². The molecule has 1 aromatic carbocycles. The van der Waals surface area contributed by atoms with E-state index in [1.165, 1.54) is 25.7 Å². The molecule has 0 aromatic heterocycles. The predicted molar refractivity (Wildman–Crippen MR) is 85.4 cm³/mol. The van der Waals surface area contributed by atoms with Crippen molar-refractivity contribution in [1.29, 1.82) is 0 Å². The molecular weight excluding hydrogens is 326 g/mol. The highest BCUT2D eigenvalue weighted by molar-refractivity contribution is 6.50. The quantitative estimate of drug-likeness (QED) is 0.279. The van der Waals surface area contributed by atoms with Crippen molar-refractivity contribution in [2.75, 3.05) is 6.61 Å². The maximum Gasteiger partial charge on any atom is 0.158 e. The topological polar surface area (TPSA) is 9.23 Å². The van der Waals surface area contributed by atoms with Crippen molar-refractivity contribution < 1.29 is 4.74 Å². The molecule has 0 saturated carbocycles. The smallest absolute Gasteiger partial charge is 0.158 e. The van der Waals surface area contributed by atoms with Crippen molar-refractivity contribution in [3.05, 3.63) is 26.2 Å². The molecule has 0 bridgehead atoms. The van der Waals surface area contributed by atoms with Gasteiger partial charge in [-0.1, -0.05) is 85.4 Å². The number of hydrogen-bond acceptors (Lipinski definition) is 1. The first kappa shape index (κ1) is 17.2. The fourth-order valence-corrected chi connectivity index (χ4v) is 2.75. The minimum Gasteiger partial charge on any atom is -0.490 e. The molecule has 19 heavy (non-hydrogen) atoms. The molecule has 0 N–H and O–H groups in total. The summed E-state index contributed by atoms with van der Waals surface area (Å²) in [6.07, 6.45) is 7.20. The van der Waals surface area contributed by atoms with Crippen molar-refractivity contribution in [3.8, 4) is 5.75 Å². The van der Waals surface area contributed by atoms with Crippen LogP contribution in [-0.2, 0) is 0 Å². The molecular formula is C14H18Cl4O. The molecule has 5 heteroatoms. The molecule has 1 nitrogen and oxygen atoms in total. The zero-order valence-electron chi connectivity index (χ0n) is 10.9. The summed E-state index contributed by atoms with van der Waals surface area (Å²) >= 11 is 23.9. The summed E-state index contributed by atoms with van der Waals surface area (Å²) in [5.41, 5.74) is 0. The Morgan fingerprint density at radius 2 is 1.47 bits per heavy atom. The van der Waals surface area contributed by atoms with Crippen LogP contribution in [-0.4, -0.2) is 6.61 Å². The molecule has 0 atom stereocenters. The summed E-state index contributed by atoms with van der Waals surface area (Å²) in [5, 5.41) is 1.30. The SMILES string of the molecule is CCCCCCCCOc1c(Cl)cc(Cl)c(Cl)c1Cl. The van der Waals surface area contributed by atoms with Gasteiger partial charge in [-0.3, -0.25) is 0 Å². The average molecular weight is 344 g/mol. The van der Waals surface area contributed by atoms with Gasteiger partial charge < -0.3 is 4.74 Å². The van der Waals surface area contributed by atoms with Gasteiger partial charge in [-0.15, -0.1) is 0 Å². The van der Waals surface area contributed by atoms with E-state index in [9.17, 15) is 0 Å². The lowest BCUT2D eigenvalue weighted by atomic mass is 10.1. The molecule has 0 aliphatic heterocycles. The van der Waals surface area contributed by atoms with E-state index in [2.05, 4.69) is 6.92 Å². The first-order chi connectivity index (χ1) is 9.07. The molecule has 0 fully saturated rings. The number of ether oxygens (including phenoxy) is 1. The lowest BCUT2D eigenvalue weighted by Crippen LogP contribution is -1.99. The van der Waals surface area contributed by atoms with Crippen molar-refractivity contribution in [3.63, 3.8) is 0 Å². The minimum absolute atomic E-state index is 0.283. The third-order valence-corrected chi connectivity index (χ3v) is 4.34. The highest BCUT2D eigenvalue weighted by atomic mass is 35.5. The Morgan fingerprint density at radius 3 is 2.16 bits per heavy atom. The van der Waals surface area contributed by atoms with Crippen LogP contribution in [0.4, 0.5) is 0 Å². The first-order valence-electron chi connectivity index (χ1n) is 6.53. The van der Waals surface area contributed by atoms with Crippen LogP contribution in [0.3, 0.4) is 0 Å². The van der Waals surface area contributed by atoms with E-state index in [1.807, 2.05) is 0 Å². The summed E-state index contributed by atoms with van der Waals surface area (Å²) < 4.78 is 5.60. The van der Waals surface area contributed by atoms with Gasteiger partial charge in [0.2, 0.25) is 0 Å². The molecule has 0 saturated heterocycles. The molecule has 0 radical (unpaired) electrons. The van der Waals surface area contributed by atoms with Crippen molar-refractivity contribution in [2.24, 2.45) is 0 Å². The standard InChI is InChI=1S/C14H18Cl4O/c1-2-3-4-5-6-7-8-19-14-11(16)9-10(15)12(17)13(14)18/h9H,2-8H2,1H3. The normalized spacial score (nSPS) is 10.8. The van der Waals surface area contributed by atoms with E-state index >= 15 is 0 Å². The average Bonchev–Trinajstić information content (AvgIpc) is 2.38. The van der Waals surface area contributed by atoms with Gasteiger partial charge in [0.25, 0.3) is 0 Å². The summed E-state index contributed by atoms with van der Waals surface area (Å²) in [4.78, 5) is 0. The number of rotatable bonds is 8. The maximum absolute atomic E-state index is 6.06. The fraction of sp³-hybridized carbons (Fsp3) is 0.571. The van der Waals surface area contributed by atoms with Gasteiger partial charge in [-0.05, 0) is 12.5 Å². The third-order valence-electron chi connectivity index (χ3n) is 2.82. The summed E-state index contributed by atoms with van der Waals surface area (Å²) in [6, 6.07) is 1.55. The van der Waals surface area contributed by atoms with Gasteiger partial charge in [-0.25, -0.2) is 0 Å². The lowest BCUT2D eigenvalue weighted by Gasteiger charge is -2.11. The molecule has 0 unspecified atom stereocenters. The van der Waals surface area contributed by atoms with E-state index < -0.39 is 0 Å². The van der Waals surface area contributed by atoms with Crippen LogP contribution in [0.1, 0.15) is 45.4 Å². The monoisotopic (exact) mass is 342 g/mol. The summed E-state index contributed by atoms with van der Waals surface area (Å²) in [5.74, 6) is 0.422. The van der Waals surface area contributed by atoms with Gasteiger partial charge >= 0.3 is 0 Å². The largest absolute Gasteiger partial charge is 0.490 e. The van der Waals surface area contributed by atoms with E-state index in [0.717, 1.165) is 12.8 Å². The Labute approximate surface area is 135 Å². The van der Waals surface area contributed by atoms with Gasteiger partial charge in [0.15, 0.2) is 5.75 Å². The van der Waals surface area contributed by atoms with Gasteiger partial charge in [0.05, 0.1) is 21.7 Å².